The van der Waals surface area contributed by atoms with Crippen molar-refractivity contribution in [2.24, 2.45) is 5.73 Å². The summed E-state index contributed by atoms with van der Waals surface area (Å²) in [5.41, 5.74) is 5.81. The molecule has 0 spiro atoms. The summed E-state index contributed by atoms with van der Waals surface area (Å²) in [6, 6.07) is 0.687. The normalized spacial score (nSPS) is 25.7. The van der Waals surface area contributed by atoms with Crippen LogP contribution in [0.3, 0.4) is 0 Å². The highest BCUT2D eigenvalue weighted by Gasteiger charge is 2.25. The maximum absolute atomic E-state index is 5.81. The second-order valence-corrected chi connectivity index (χ2v) is 5.71. The lowest BCUT2D eigenvalue weighted by Crippen LogP contribution is -2.53. The first kappa shape index (κ1) is 14.3. The van der Waals surface area contributed by atoms with E-state index in [2.05, 4.69) is 21.6 Å². The minimum atomic E-state index is 0.687. The van der Waals surface area contributed by atoms with Crippen LogP contribution in [0.2, 0.25) is 0 Å². The van der Waals surface area contributed by atoms with E-state index in [0.29, 0.717) is 6.04 Å². The molecule has 0 saturated carbocycles. The Hall–Kier alpha value is -0.160. The molecule has 2 saturated heterocycles. The molecule has 4 nitrogen and oxygen atoms in total. The van der Waals surface area contributed by atoms with Crippen molar-refractivity contribution in [3.05, 3.63) is 0 Å². The van der Waals surface area contributed by atoms with Crippen LogP contribution in [0.5, 0.6) is 0 Å². The summed E-state index contributed by atoms with van der Waals surface area (Å²) < 4.78 is 0. The summed E-state index contributed by atoms with van der Waals surface area (Å²) >= 11 is 0. The molecular weight excluding hydrogens is 224 g/mol. The second-order valence-electron chi connectivity index (χ2n) is 5.71. The van der Waals surface area contributed by atoms with Crippen molar-refractivity contribution < 1.29 is 0 Å². The molecule has 1 unspecified atom stereocenters. The number of likely N-dealkylation sites (tertiary alicyclic amines) is 1. The molecular formula is C14H30N4. The van der Waals surface area contributed by atoms with Crippen LogP contribution < -0.4 is 5.73 Å². The third-order valence-corrected chi connectivity index (χ3v) is 4.54. The van der Waals surface area contributed by atoms with E-state index >= 15 is 0 Å². The monoisotopic (exact) mass is 254 g/mol. The lowest BCUT2D eigenvalue weighted by Gasteiger charge is -2.40. The highest BCUT2D eigenvalue weighted by atomic mass is 15.3. The first-order chi connectivity index (χ1) is 8.83. The van der Waals surface area contributed by atoms with E-state index in [1.54, 1.807) is 0 Å². The summed E-state index contributed by atoms with van der Waals surface area (Å²) in [7, 11) is 0. The highest BCUT2D eigenvalue weighted by Crippen LogP contribution is 2.14. The SMILES string of the molecule is CCN1CCN(C(CCN)CN2CCCC2)CC1. The van der Waals surface area contributed by atoms with Crippen molar-refractivity contribution in [1.82, 2.24) is 14.7 Å². The van der Waals surface area contributed by atoms with Crippen LogP contribution in [0, 0.1) is 0 Å². The molecule has 0 aliphatic carbocycles. The van der Waals surface area contributed by atoms with Gasteiger partial charge in [-0.05, 0) is 45.4 Å². The fraction of sp³-hybridized carbons (Fsp3) is 1.00. The molecule has 0 amide bonds. The lowest BCUT2D eigenvalue weighted by molar-refractivity contribution is 0.0788. The van der Waals surface area contributed by atoms with Gasteiger partial charge >= 0.3 is 0 Å². The second kappa shape index (κ2) is 7.43. The molecule has 0 aromatic rings. The maximum atomic E-state index is 5.81. The van der Waals surface area contributed by atoms with Gasteiger partial charge in [0.2, 0.25) is 0 Å². The van der Waals surface area contributed by atoms with Gasteiger partial charge in [0.15, 0.2) is 0 Å². The lowest BCUT2D eigenvalue weighted by atomic mass is 10.1. The summed E-state index contributed by atoms with van der Waals surface area (Å²) in [5.74, 6) is 0. The Balaban J connectivity index is 1.80. The summed E-state index contributed by atoms with van der Waals surface area (Å²) in [6.07, 6.45) is 3.93. The number of nitrogens with zero attached hydrogens (tertiary/aromatic N) is 3. The molecule has 2 heterocycles. The number of nitrogens with two attached hydrogens (primary N) is 1. The van der Waals surface area contributed by atoms with Gasteiger partial charge in [0, 0.05) is 38.8 Å². The van der Waals surface area contributed by atoms with E-state index in [-0.39, 0.29) is 0 Å². The number of rotatable bonds is 6. The molecule has 4 heteroatoms. The van der Waals surface area contributed by atoms with Gasteiger partial charge in [-0.2, -0.15) is 0 Å². The van der Waals surface area contributed by atoms with Crippen molar-refractivity contribution in [2.45, 2.75) is 32.2 Å². The van der Waals surface area contributed by atoms with Gasteiger partial charge < -0.3 is 15.5 Å². The van der Waals surface area contributed by atoms with Crippen molar-refractivity contribution in [1.29, 1.82) is 0 Å². The predicted octanol–water partition coefficient (Wildman–Crippen LogP) is 0.437. The van der Waals surface area contributed by atoms with E-state index in [0.717, 1.165) is 13.0 Å². The van der Waals surface area contributed by atoms with Gasteiger partial charge in [-0.15, -0.1) is 0 Å². The molecule has 0 radical (unpaired) electrons. The third kappa shape index (κ3) is 3.92. The first-order valence-electron chi connectivity index (χ1n) is 7.72. The molecule has 0 bridgehead atoms. The smallest absolute Gasteiger partial charge is 0.0236 e. The quantitative estimate of drug-likeness (QED) is 0.746. The number of hydrogen-bond acceptors (Lipinski definition) is 4. The average molecular weight is 254 g/mol. The third-order valence-electron chi connectivity index (χ3n) is 4.54. The molecule has 0 aromatic heterocycles. The maximum Gasteiger partial charge on any atom is 0.0236 e. The first-order valence-corrected chi connectivity index (χ1v) is 7.72. The fourth-order valence-electron chi connectivity index (χ4n) is 3.29. The molecule has 0 aromatic carbocycles. The van der Waals surface area contributed by atoms with E-state index in [1.807, 2.05) is 0 Å². The molecule has 2 rings (SSSR count). The van der Waals surface area contributed by atoms with Crippen LogP contribution in [0.4, 0.5) is 0 Å². The van der Waals surface area contributed by atoms with Crippen LogP contribution in [0.1, 0.15) is 26.2 Å². The molecule has 18 heavy (non-hydrogen) atoms. The zero-order valence-corrected chi connectivity index (χ0v) is 12.0. The zero-order chi connectivity index (χ0) is 12.8. The number of piperazine rings is 1. The van der Waals surface area contributed by atoms with Gasteiger partial charge in [-0.1, -0.05) is 6.92 Å². The fourth-order valence-corrected chi connectivity index (χ4v) is 3.29. The van der Waals surface area contributed by atoms with Crippen molar-refractivity contribution in [2.75, 3.05) is 58.9 Å². The molecule has 2 N–H and O–H groups in total. The standard InChI is InChI=1S/C14H30N4/c1-2-16-9-11-18(12-10-16)14(5-6-15)13-17-7-3-4-8-17/h14H,2-13,15H2,1H3. The van der Waals surface area contributed by atoms with Crippen LogP contribution in [-0.4, -0.2) is 79.6 Å². The van der Waals surface area contributed by atoms with E-state index < -0.39 is 0 Å². The van der Waals surface area contributed by atoms with Crippen molar-refractivity contribution >= 4 is 0 Å². The van der Waals surface area contributed by atoms with Crippen molar-refractivity contribution in [3.8, 4) is 0 Å². The average Bonchev–Trinajstić information content (AvgIpc) is 2.91. The van der Waals surface area contributed by atoms with Gasteiger partial charge in [0.05, 0.1) is 0 Å². The minimum absolute atomic E-state index is 0.687. The Morgan fingerprint density at radius 3 is 2.17 bits per heavy atom. The van der Waals surface area contributed by atoms with Crippen molar-refractivity contribution in [3.63, 3.8) is 0 Å². The minimum Gasteiger partial charge on any atom is -0.330 e. The highest BCUT2D eigenvalue weighted by molar-refractivity contribution is 4.82. The Kier molecular flexibility index (Phi) is 5.89. The molecule has 2 aliphatic heterocycles. The summed E-state index contributed by atoms with van der Waals surface area (Å²) in [5, 5.41) is 0. The predicted molar refractivity (Wildman–Crippen MR) is 76.8 cm³/mol. The Bertz CT molecular complexity index is 220. The molecule has 1 atom stereocenters. The van der Waals surface area contributed by atoms with E-state index in [4.69, 9.17) is 5.73 Å². The Morgan fingerprint density at radius 2 is 1.61 bits per heavy atom. The van der Waals surface area contributed by atoms with Gasteiger partial charge in [0.1, 0.15) is 0 Å². The molecule has 2 aliphatic rings. The zero-order valence-electron chi connectivity index (χ0n) is 12.0. The van der Waals surface area contributed by atoms with Gasteiger partial charge in [-0.25, -0.2) is 0 Å². The Labute approximate surface area is 112 Å². The topological polar surface area (TPSA) is 35.7 Å². The van der Waals surface area contributed by atoms with Gasteiger partial charge in [0.25, 0.3) is 0 Å². The van der Waals surface area contributed by atoms with Crippen LogP contribution in [0.15, 0.2) is 0 Å². The van der Waals surface area contributed by atoms with E-state index in [1.165, 1.54) is 65.2 Å². The number of likely N-dealkylation sites (N-methyl/N-ethyl adjacent to an activating group) is 1. The number of hydrogen-bond donors (Lipinski definition) is 1. The largest absolute Gasteiger partial charge is 0.330 e. The van der Waals surface area contributed by atoms with Crippen LogP contribution >= 0.6 is 0 Å². The molecule has 2 fully saturated rings. The summed E-state index contributed by atoms with van der Waals surface area (Å²) in [6.45, 7) is 13.1. The Morgan fingerprint density at radius 1 is 0.944 bits per heavy atom. The van der Waals surface area contributed by atoms with Crippen LogP contribution in [-0.2, 0) is 0 Å². The van der Waals surface area contributed by atoms with E-state index in [9.17, 15) is 0 Å². The summed E-state index contributed by atoms with van der Waals surface area (Å²) in [4.78, 5) is 7.86. The molecule has 106 valence electrons. The van der Waals surface area contributed by atoms with Gasteiger partial charge in [-0.3, -0.25) is 4.90 Å². The van der Waals surface area contributed by atoms with Crippen LogP contribution in [0.25, 0.3) is 0 Å².